The van der Waals surface area contributed by atoms with Crippen LogP contribution in [0.25, 0.3) is 0 Å². The highest BCUT2D eigenvalue weighted by atomic mass is 19.1. The zero-order valence-electron chi connectivity index (χ0n) is 12.4. The Bertz CT molecular complexity index is 568. The van der Waals surface area contributed by atoms with Gasteiger partial charge in [-0.25, -0.2) is 4.39 Å². The van der Waals surface area contributed by atoms with Gasteiger partial charge in [-0.15, -0.1) is 0 Å². The molecule has 21 heavy (non-hydrogen) atoms. The van der Waals surface area contributed by atoms with Gasteiger partial charge in [-0.05, 0) is 38.0 Å². The van der Waals surface area contributed by atoms with Gasteiger partial charge in [0.2, 0.25) is 0 Å². The van der Waals surface area contributed by atoms with Crippen LogP contribution in [-0.4, -0.2) is 29.9 Å². The fourth-order valence-electron chi connectivity index (χ4n) is 2.86. The SMILES string of the molecule is CCN(C(=O)c1ccc(C#CCN)cc1F)C1CCCC1. The molecule has 0 spiro atoms. The molecule has 1 aromatic rings. The predicted octanol–water partition coefficient (Wildman–Crippen LogP) is 2.54. The topological polar surface area (TPSA) is 46.3 Å². The van der Waals surface area contributed by atoms with E-state index in [9.17, 15) is 9.18 Å². The van der Waals surface area contributed by atoms with E-state index in [0.29, 0.717) is 12.1 Å². The third kappa shape index (κ3) is 3.62. The fourth-order valence-corrected chi connectivity index (χ4v) is 2.86. The zero-order valence-corrected chi connectivity index (χ0v) is 12.4. The summed E-state index contributed by atoms with van der Waals surface area (Å²) in [6.07, 6.45) is 4.32. The van der Waals surface area contributed by atoms with Crippen molar-refractivity contribution in [2.75, 3.05) is 13.1 Å². The first-order valence-corrected chi connectivity index (χ1v) is 7.46. The standard InChI is InChI=1S/C17H21FN2O/c1-2-20(14-7-3-4-8-14)17(21)15-10-9-13(6-5-11-19)12-16(15)18/h9-10,12,14H,2-4,7-8,11,19H2,1H3. The van der Waals surface area contributed by atoms with Gasteiger partial charge in [0, 0.05) is 18.2 Å². The summed E-state index contributed by atoms with van der Waals surface area (Å²) < 4.78 is 14.2. The molecule has 0 saturated heterocycles. The Kier molecular flexibility index (Phi) is 5.35. The van der Waals surface area contributed by atoms with Crippen molar-refractivity contribution in [3.63, 3.8) is 0 Å². The number of nitrogens with two attached hydrogens (primary N) is 1. The van der Waals surface area contributed by atoms with Crippen LogP contribution in [0, 0.1) is 17.7 Å². The molecule has 1 saturated carbocycles. The molecular formula is C17H21FN2O. The summed E-state index contributed by atoms with van der Waals surface area (Å²) in [4.78, 5) is 14.3. The lowest BCUT2D eigenvalue weighted by Gasteiger charge is -2.27. The van der Waals surface area contributed by atoms with Crippen molar-refractivity contribution in [3.8, 4) is 11.8 Å². The van der Waals surface area contributed by atoms with Gasteiger partial charge in [-0.2, -0.15) is 0 Å². The summed E-state index contributed by atoms with van der Waals surface area (Å²) in [5, 5.41) is 0. The highest BCUT2D eigenvalue weighted by Gasteiger charge is 2.27. The van der Waals surface area contributed by atoms with Crippen LogP contribution < -0.4 is 5.73 Å². The molecule has 1 amide bonds. The molecular weight excluding hydrogens is 267 g/mol. The number of benzene rings is 1. The van der Waals surface area contributed by atoms with Crippen LogP contribution in [0.3, 0.4) is 0 Å². The molecule has 0 atom stereocenters. The third-order valence-electron chi connectivity index (χ3n) is 3.90. The number of carbonyl (C=O) groups excluding carboxylic acids is 1. The van der Waals surface area contributed by atoms with E-state index < -0.39 is 5.82 Å². The molecule has 2 N–H and O–H groups in total. The number of nitrogens with zero attached hydrogens (tertiary/aromatic N) is 1. The molecule has 1 aliphatic rings. The van der Waals surface area contributed by atoms with E-state index in [1.165, 1.54) is 12.1 Å². The van der Waals surface area contributed by atoms with Crippen molar-refractivity contribution in [2.45, 2.75) is 38.6 Å². The summed E-state index contributed by atoms with van der Waals surface area (Å²) in [5.41, 5.74) is 5.96. The molecule has 0 heterocycles. The largest absolute Gasteiger partial charge is 0.336 e. The minimum atomic E-state index is -0.514. The van der Waals surface area contributed by atoms with Crippen LogP contribution >= 0.6 is 0 Å². The van der Waals surface area contributed by atoms with Crippen molar-refractivity contribution < 1.29 is 9.18 Å². The summed E-state index contributed by atoms with van der Waals surface area (Å²) in [6, 6.07) is 4.74. The fraction of sp³-hybridized carbons (Fsp3) is 0.471. The maximum absolute atomic E-state index is 14.2. The molecule has 1 aromatic carbocycles. The van der Waals surface area contributed by atoms with Gasteiger partial charge in [0.05, 0.1) is 12.1 Å². The first kappa shape index (κ1) is 15.5. The van der Waals surface area contributed by atoms with Gasteiger partial charge < -0.3 is 10.6 Å². The van der Waals surface area contributed by atoms with E-state index in [4.69, 9.17) is 5.73 Å². The molecule has 1 aliphatic carbocycles. The maximum Gasteiger partial charge on any atom is 0.257 e. The van der Waals surface area contributed by atoms with Crippen LogP contribution in [-0.2, 0) is 0 Å². The average Bonchev–Trinajstić information content (AvgIpc) is 3.00. The van der Waals surface area contributed by atoms with Crippen molar-refractivity contribution >= 4 is 5.91 Å². The molecule has 0 radical (unpaired) electrons. The molecule has 112 valence electrons. The van der Waals surface area contributed by atoms with E-state index in [0.717, 1.165) is 25.7 Å². The molecule has 0 aromatic heterocycles. The second-order valence-corrected chi connectivity index (χ2v) is 5.23. The summed E-state index contributed by atoms with van der Waals surface area (Å²) >= 11 is 0. The Morgan fingerprint density at radius 1 is 1.43 bits per heavy atom. The zero-order chi connectivity index (χ0) is 15.2. The maximum atomic E-state index is 14.2. The monoisotopic (exact) mass is 288 g/mol. The van der Waals surface area contributed by atoms with Gasteiger partial charge in [-0.1, -0.05) is 24.7 Å². The van der Waals surface area contributed by atoms with Crippen molar-refractivity contribution in [1.29, 1.82) is 0 Å². The average molecular weight is 288 g/mol. The molecule has 0 unspecified atom stereocenters. The number of rotatable bonds is 3. The number of hydrogen-bond donors (Lipinski definition) is 1. The Morgan fingerprint density at radius 3 is 2.71 bits per heavy atom. The minimum absolute atomic E-state index is 0.127. The van der Waals surface area contributed by atoms with Gasteiger partial charge in [0.15, 0.2) is 0 Å². The lowest BCUT2D eigenvalue weighted by atomic mass is 10.1. The van der Waals surface area contributed by atoms with Gasteiger partial charge in [0.1, 0.15) is 5.82 Å². The Balaban J connectivity index is 2.21. The van der Waals surface area contributed by atoms with E-state index in [1.54, 1.807) is 11.0 Å². The lowest BCUT2D eigenvalue weighted by Crippen LogP contribution is -2.39. The first-order chi connectivity index (χ1) is 10.2. The molecule has 2 rings (SSSR count). The van der Waals surface area contributed by atoms with Gasteiger partial charge in [0.25, 0.3) is 5.91 Å². The third-order valence-corrected chi connectivity index (χ3v) is 3.90. The summed E-state index contributed by atoms with van der Waals surface area (Å²) in [7, 11) is 0. The predicted molar refractivity (Wildman–Crippen MR) is 81.3 cm³/mol. The number of hydrogen-bond acceptors (Lipinski definition) is 2. The number of halogens is 1. The van der Waals surface area contributed by atoms with Crippen LogP contribution in [0.5, 0.6) is 0 Å². The Labute approximate surface area is 125 Å². The normalized spacial score (nSPS) is 14.6. The van der Waals surface area contributed by atoms with Crippen LogP contribution in [0.4, 0.5) is 4.39 Å². The van der Waals surface area contributed by atoms with Crippen molar-refractivity contribution in [2.24, 2.45) is 5.73 Å². The van der Waals surface area contributed by atoms with Gasteiger partial charge >= 0.3 is 0 Å². The summed E-state index contributed by atoms with van der Waals surface area (Å²) in [5.74, 6) is 4.71. The highest BCUT2D eigenvalue weighted by Crippen LogP contribution is 2.25. The van der Waals surface area contributed by atoms with Gasteiger partial charge in [-0.3, -0.25) is 4.79 Å². The Hall–Kier alpha value is -1.86. The van der Waals surface area contributed by atoms with E-state index >= 15 is 0 Å². The van der Waals surface area contributed by atoms with Crippen molar-refractivity contribution in [1.82, 2.24) is 4.90 Å². The van der Waals surface area contributed by atoms with E-state index in [1.807, 2.05) is 6.92 Å². The molecule has 0 bridgehead atoms. The smallest absolute Gasteiger partial charge is 0.257 e. The van der Waals surface area contributed by atoms with E-state index in [2.05, 4.69) is 11.8 Å². The summed E-state index contributed by atoms with van der Waals surface area (Å²) in [6.45, 7) is 2.78. The molecule has 4 heteroatoms. The first-order valence-electron chi connectivity index (χ1n) is 7.46. The number of amides is 1. The van der Waals surface area contributed by atoms with Crippen LogP contribution in [0.1, 0.15) is 48.5 Å². The molecule has 1 fully saturated rings. The van der Waals surface area contributed by atoms with E-state index in [-0.39, 0.29) is 24.1 Å². The van der Waals surface area contributed by atoms with Crippen molar-refractivity contribution in [3.05, 3.63) is 35.1 Å². The van der Waals surface area contributed by atoms with Crippen LogP contribution in [0.2, 0.25) is 0 Å². The minimum Gasteiger partial charge on any atom is -0.336 e. The van der Waals surface area contributed by atoms with Crippen LogP contribution in [0.15, 0.2) is 18.2 Å². The molecule has 0 aliphatic heterocycles. The quantitative estimate of drug-likeness (QED) is 0.869. The second-order valence-electron chi connectivity index (χ2n) is 5.23. The highest BCUT2D eigenvalue weighted by molar-refractivity contribution is 5.94. The molecule has 3 nitrogen and oxygen atoms in total. The Morgan fingerprint density at radius 2 is 2.14 bits per heavy atom. The second kappa shape index (κ2) is 7.24. The number of carbonyl (C=O) groups is 1. The lowest BCUT2D eigenvalue weighted by molar-refractivity contribution is 0.0689.